The standard InChI is InChI=1S/C35H52O/c1-3-5-7-11-30-14-18-33(19-15-30)22-23-34-20-16-31(17-21-34)12-8-9-13-32-24-26-35(27-25-32)29-36-28-10-6-4-2/h5,7,16-17,20-21,24-27,30,33H,3-4,6,8-15,18-19,22-23,28-29H2,1-2H3/t30-,33-. The van der Waals surface area contributed by atoms with Gasteiger partial charge in [0, 0.05) is 6.61 Å². The summed E-state index contributed by atoms with van der Waals surface area (Å²) >= 11 is 0. The second-order valence-electron chi connectivity index (χ2n) is 11.1. The SMILES string of the molecule is CCC=CC[C@H]1CC[C@H](CCc2ccc(CCCCc3ccc(COCCCCC)cc3)cc2)CC1. The van der Waals surface area contributed by atoms with Gasteiger partial charge < -0.3 is 4.74 Å². The van der Waals surface area contributed by atoms with Crippen molar-refractivity contribution >= 4 is 0 Å². The summed E-state index contributed by atoms with van der Waals surface area (Å²) in [5, 5.41) is 0. The molecule has 1 heteroatoms. The van der Waals surface area contributed by atoms with Gasteiger partial charge >= 0.3 is 0 Å². The van der Waals surface area contributed by atoms with Gasteiger partial charge in [-0.25, -0.2) is 0 Å². The third kappa shape index (κ3) is 11.5. The van der Waals surface area contributed by atoms with Gasteiger partial charge in [0.05, 0.1) is 6.61 Å². The van der Waals surface area contributed by atoms with Crippen LogP contribution in [0.3, 0.4) is 0 Å². The van der Waals surface area contributed by atoms with Crippen LogP contribution in [0.4, 0.5) is 0 Å². The van der Waals surface area contributed by atoms with Crippen molar-refractivity contribution in [1.29, 1.82) is 0 Å². The third-order valence-electron chi connectivity index (χ3n) is 8.07. The first-order valence-corrected chi connectivity index (χ1v) is 15.1. The Morgan fingerprint density at radius 1 is 0.639 bits per heavy atom. The lowest BCUT2D eigenvalue weighted by Gasteiger charge is -2.28. The van der Waals surface area contributed by atoms with Gasteiger partial charge in [-0.05, 0) is 105 Å². The van der Waals surface area contributed by atoms with Gasteiger partial charge in [-0.1, -0.05) is 100 Å². The van der Waals surface area contributed by atoms with Gasteiger partial charge in [0.15, 0.2) is 0 Å². The lowest BCUT2D eigenvalue weighted by molar-refractivity contribution is 0.117. The zero-order valence-electron chi connectivity index (χ0n) is 23.4. The summed E-state index contributed by atoms with van der Waals surface area (Å²) in [7, 11) is 0. The molecule has 0 N–H and O–H groups in total. The summed E-state index contributed by atoms with van der Waals surface area (Å²) in [6.07, 6.45) is 24.2. The molecule has 198 valence electrons. The number of ether oxygens (including phenoxy) is 1. The second-order valence-corrected chi connectivity index (χ2v) is 11.1. The van der Waals surface area contributed by atoms with Crippen molar-refractivity contribution < 1.29 is 4.74 Å². The molecule has 0 unspecified atom stereocenters. The second kappa shape index (κ2) is 17.6. The van der Waals surface area contributed by atoms with Crippen LogP contribution in [-0.4, -0.2) is 6.61 Å². The lowest BCUT2D eigenvalue weighted by atomic mass is 9.78. The normalized spacial score (nSPS) is 18.2. The molecule has 0 saturated heterocycles. The van der Waals surface area contributed by atoms with E-state index in [1.165, 1.54) is 119 Å². The van der Waals surface area contributed by atoms with E-state index in [-0.39, 0.29) is 0 Å². The lowest BCUT2D eigenvalue weighted by Crippen LogP contribution is -2.14. The molecule has 3 rings (SSSR count). The largest absolute Gasteiger partial charge is 0.377 e. The first-order chi connectivity index (χ1) is 17.8. The van der Waals surface area contributed by atoms with Crippen molar-refractivity contribution in [3.63, 3.8) is 0 Å². The molecule has 1 nitrogen and oxygen atoms in total. The smallest absolute Gasteiger partial charge is 0.0716 e. The first kappa shape index (κ1) is 28.7. The maximum Gasteiger partial charge on any atom is 0.0716 e. The maximum atomic E-state index is 5.78. The summed E-state index contributed by atoms with van der Waals surface area (Å²) in [4.78, 5) is 0. The van der Waals surface area contributed by atoms with Crippen LogP contribution >= 0.6 is 0 Å². The Morgan fingerprint density at radius 3 is 1.78 bits per heavy atom. The number of aryl methyl sites for hydroxylation is 3. The van der Waals surface area contributed by atoms with Crippen LogP contribution in [0.5, 0.6) is 0 Å². The quantitative estimate of drug-likeness (QED) is 0.159. The molecule has 0 aromatic heterocycles. The Balaban J connectivity index is 1.25. The van der Waals surface area contributed by atoms with E-state index in [9.17, 15) is 0 Å². The Kier molecular flexibility index (Phi) is 14.0. The van der Waals surface area contributed by atoms with E-state index in [4.69, 9.17) is 4.74 Å². The van der Waals surface area contributed by atoms with Crippen LogP contribution in [0.25, 0.3) is 0 Å². The number of hydrogen-bond donors (Lipinski definition) is 0. The Hall–Kier alpha value is -1.86. The highest BCUT2D eigenvalue weighted by Gasteiger charge is 2.20. The third-order valence-corrected chi connectivity index (χ3v) is 8.07. The fraction of sp³-hybridized carbons (Fsp3) is 0.600. The van der Waals surface area contributed by atoms with E-state index in [1.54, 1.807) is 0 Å². The van der Waals surface area contributed by atoms with Gasteiger partial charge in [0.2, 0.25) is 0 Å². The van der Waals surface area contributed by atoms with Crippen molar-refractivity contribution in [3.8, 4) is 0 Å². The van der Waals surface area contributed by atoms with Crippen LogP contribution in [0.15, 0.2) is 60.7 Å². The van der Waals surface area contributed by atoms with Crippen molar-refractivity contribution in [2.75, 3.05) is 6.61 Å². The van der Waals surface area contributed by atoms with Crippen molar-refractivity contribution in [3.05, 3.63) is 82.9 Å². The molecule has 0 atom stereocenters. The first-order valence-electron chi connectivity index (χ1n) is 15.1. The highest BCUT2D eigenvalue weighted by Crippen LogP contribution is 2.33. The van der Waals surface area contributed by atoms with Gasteiger partial charge in [-0.2, -0.15) is 0 Å². The molecule has 2 aromatic rings. The Morgan fingerprint density at radius 2 is 1.19 bits per heavy atom. The average Bonchev–Trinajstić information content (AvgIpc) is 2.92. The molecule has 1 saturated carbocycles. The molecule has 1 fully saturated rings. The fourth-order valence-electron chi connectivity index (χ4n) is 5.56. The molecule has 0 aliphatic heterocycles. The summed E-state index contributed by atoms with van der Waals surface area (Å²) in [5.41, 5.74) is 5.77. The van der Waals surface area contributed by atoms with E-state index in [2.05, 4.69) is 74.5 Å². The van der Waals surface area contributed by atoms with Crippen molar-refractivity contribution in [1.82, 2.24) is 0 Å². The Bertz CT molecular complexity index is 824. The van der Waals surface area contributed by atoms with Crippen LogP contribution in [0.1, 0.15) is 113 Å². The summed E-state index contributed by atoms with van der Waals surface area (Å²) in [5.74, 6) is 1.89. The molecular formula is C35H52O. The topological polar surface area (TPSA) is 9.23 Å². The van der Waals surface area contributed by atoms with Crippen molar-refractivity contribution in [2.24, 2.45) is 11.8 Å². The molecule has 0 radical (unpaired) electrons. The molecule has 2 aromatic carbocycles. The summed E-state index contributed by atoms with van der Waals surface area (Å²) < 4.78 is 5.78. The minimum absolute atomic E-state index is 0.748. The van der Waals surface area contributed by atoms with Crippen molar-refractivity contribution in [2.45, 2.75) is 117 Å². The molecule has 36 heavy (non-hydrogen) atoms. The zero-order valence-corrected chi connectivity index (χ0v) is 23.4. The van der Waals surface area contributed by atoms with E-state index in [0.29, 0.717) is 0 Å². The average molecular weight is 489 g/mol. The number of hydrogen-bond acceptors (Lipinski definition) is 1. The minimum atomic E-state index is 0.748. The maximum absolute atomic E-state index is 5.78. The van der Waals surface area contributed by atoms with Gasteiger partial charge in [-0.15, -0.1) is 0 Å². The van der Waals surface area contributed by atoms with Gasteiger partial charge in [0.25, 0.3) is 0 Å². The van der Waals surface area contributed by atoms with Crippen LogP contribution in [0, 0.1) is 11.8 Å². The fourth-order valence-corrected chi connectivity index (χ4v) is 5.56. The van der Waals surface area contributed by atoms with Gasteiger partial charge in [-0.3, -0.25) is 0 Å². The minimum Gasteiger partial charge on any atom is -0.377 e. The molecule has 1 aliphatic rings. The highest BCUT2D eigenvalue weighted by molar-refractivity contribution is 5.24. The number of benzene rings is 2. The zero-order chi connectivity index (χ0) is 25.3. The highest BCUT2D eigenvalue weighted by atomic mass is 16.5. The predicted octanol–water partition coefficient (Wildman–Crippen LogP) is 10.1. The van der Waals surface area contributed by atoms with Crippen LogP contribution < -0.4 is 0 Å². The number of rotatable bonds is 17. The monoisotopic (exact) mass is 488 g/mol. The molecule has 0 heterocycles. The van der Waals surface area contributed by atoms with Crippen LogP contribution in [0.2, 0.25) is 0 Å². The molecule has 0 spiro atoms. The van der Waals surface area contributed by atoms with E-state index >= 15 is 0 Å². The number of unbranched alkanes of at least 4 members (excludes halogenated alkanes) is 3. The molecular weight excluding hydrogens is 436 g/mol. The molecule has 1 aliphatic carbocycles. The summed E-state index contributed by atoms with van der Waals surface area (Å²) in [6, 6.07) is 18.6. The van der Waals surface area contributed by atoms with E-state index in [1.807, 2.05) is 0 Å². The van der Waals surface area contributed by atoms with Crippen LogP contribution in [-0.2, 0) is 30.6 Å². The van der Waals surface area contributed by atoms with E-state index < -0.39 is 0 Å². The van der Waals surface area contributed by atoms with Gasteiger partial charge in [0.1, 0.15) is 0 Å². The van der Waals surface area contributed by atoms with E-state index in [0.717, 1.165) is 25.0 Å². The molecule has 0 amide bonds. The number of allylic oxidation sites excluding steroid dienone is 2. The molecule has 0 bridgehead atoms. The summed E-state index contributed by atoms with van der Waals surface area (Å²) in [6.45, 7) is 6.09. The predicted molar refractivity (Wildman–Crippen MR) is 157 cm³/mol. The Labute approximate surface area is 222 Å².